The maximum Gasteiger partial charge on any atom is 0.339 e. The number of aryl methyl sites for hydroxylation is 1. The Labute approximate surface area is 198 Å². The van der Waals surface area contributed by atoms with E-state index < -0.39 is 11.8 Å². The van der Waals surface area contributed by atoms with Crippen molar-refractivity contribution in [1.82, 2.24) is 14.8 Å². The number of rotatable bonds is 5. The van der Waals surface area contributed by atoms with Gasteiger partial charge < -0.3 is 4.74 Å². The summed E-state index contributed by atoms with van der Waals surface area (Å²) < 4.78 is 21.4. The third-order valence-electron chi connectivity index (χ3n) is 5.22. The third-order valence-corrected chi connectivity index (χ3v) is 6.46. The minimum atomic E-state index is -0.602. The Morgan fingerprint density at radius 1 is 1.12 bits per heavy atom. The average molecular weight is 478 g/mol. The summed E-state index contributed by atoms with van der Waals surface area (Å²) in [5.74, 6) is -1.13. The Hall–Kier alpha value is -3.55. The quantitative estimate of drug-likeness (QED) is 0.267. The highest BCUT2D eigenvalue weighted by Crippen LogP contribution is 2.31. The van der Waals surface area contributed by atoms with Crippen LogP contribution in [0.25, 0.3) is 27.3 Å². The van der Waals surface area contributed by atoms with E-state index in [4.69, 9.17) is 21.3 Å². The van der Waals surface area contributed by atoms with Crippen molar-refractivity contribution in [2.24, 2.45) is 0 Å². The van der Waals surface area contributed by atoms with Crippen LogP contribution in [0, 0.1) is 12.7 Å². The maximum atomic E-state index is 14.2. The van der Waals surface area contributed by atoms with Crippen LogP contribution in [0.4, 0.5) is 4.39 Å². The normalized spacial score (nSPS) is 11.1. The van der Waals surface area contributed by atoms with Gasteiger partial charge in [-0.15, -0.1) is 11.3 Å². The molecular weight excluding hydrogens is 461 g/mol. The lowest BCUT2D eigenvalue weighted by atomic mass is 10.1. The number of esters is 1. The van der Waals surface area contributed by atoms with E-state index in [0.717, 1.165) is 10.6 Å². The van der Waals surface area contributed by atoms with Crippen LogP contribution < -0.4 is 0 Å². The molecule has 2 aromatic carbocycles. The van der Waals surface area contributed by atoms with Gasteiger partial charge in [0.15, 0.2) is 5.65 Å². The molecule has 0 radical (unpaired) electrons. The number of fused-ring (bicyclic) bond motifs is 1. The number of nitrogens with zero attached hydrogens (tertiary/aromatic N) is 3. The summed E-state index contributed by atoms with van der Waals surface area (Å²) in [6.07, 6.45) is 0. The summed E-state index contributed by atoms with van der Waals surface area (Å²) in [4.78, 5) is 19.0. The predicted molar refractivity (Wildman–Crippen MR) is 127 cm³/mol. The minimum Gasteiger partial charge on any atom is -0.457 e. The molecule has 3 aromatic heterocycles. The molecule has 3 heterocycles. The van der Waals surface area contributed by atoms with E-state index in [1.54, 1.807) is 16.8 Å². The fourth-order valence-corrected chi connectivity index (χ4v) is 4.54. The summed E-state index contributed by atoms with van der Waals surface area (Å²) in [6, 6.07) is 19.5. The van der Waals surface area contributed by atoms with Gasteiger partial charge in [0.2, 0.25) is 0 Å². The first-order valence-corrected chi connectivity index (χ1v) is 11.4. The number of benzene rings is 2. The van der Waals surface area contributed by atoms with Crippen molar-refractivity contribution in [1.29, 1.82) is 0 Å². The summed E-state index contributed by atoms with van der Waals surface area (Å²) in [6.45, 7) is 1.53. The second kappa shape index (κ2) is 8.77. The molecule has 164 valence electrons. The Kier molecular flexibility index (Phi) is 5.66. The molecule has 0 amide bonds. The summed E-state index contributed by atoms with van der Waals surface area (Å²) in [5.41, 5.74) is 3.08. The fourth-order valence-electron chi connectivity index (χ4n) is 3.64. The van der Waals surface area contributed by atoms with Crippen LogP contribution in [-0.4, -0.2) is 20.7 Å². The van der Waals surface area contributed by atoms with Crippen molar-refractivity contribution in [3.8, 4) is 16.3 Å². The van der Waals surface area contributed by atoms with E-state index >= 15 is 0 Å². The van der Waals surface area contributed by atoms with Crippen molar-refractivity contribution in [2.45, 2.75) is 13.5 Å². The molecule has 0 saturated heterocycles. The molecular formula is C25H17ClFN3O2S. The molecule has 0 bridgehead atoms. The van der Waals surface area contributed by atoms with Crippen LogP contribution >= 0.6 is 22.9 Å². The number of pyridine rings is 1. The maximum absolute atomic E-state index is 14.2. The zero-order valence-corrected chi connectivity index (χ0v) is 19.0. The summed E-state index contributed by atoms with van der Waals surface area (Å²) in [7, 11) is 0. The van der Waals surface area contributed by atoms with Gasteiger partial charge in [-0.2, -0.15) is 5.10 Å². The van der Waals surface area contributed by atoms with Gasteiger partial charge in [-0.3, -0.25) is 0 Å². The van der Waals surface area contributed by atoms with E-state index in [0.29, 0.717) is 28.0 Å². The SMILES string of the molecule is Cc1nn(-c2ccccc2)c2nc(-c3cccs3)cc(C(=O)OCc3c(F)cccc3Cl)c12. The highest BCUT2D eigenvalue weighted by Gasteiger charge is 2.23. The first-order valence-electron chi connectivity index (χ1n) is 10.1. The minimum absolute atomic E-state index is 0.132. The number of halogens is 2. The van der Waals surface area contributed by atoms with Crippen molar-refractivity contribution in [3.63, 3.8) is 0 Å². The molecule has 0 saturated carbocycles. The van der Waals surface area contributed by atoms with Gasteiger partial charge >= 0.3 is 5.97 Å². The second-order valence-corrected chi connectivity index (χ2v) is 8.69. The van der Waals surface area contributed by atoms with Crippen LogP contribution in [0.15, 0.2) is 72.1 Å². The largest absolute Gasteiger partial charge is 0.457 e. The topological polar surface area (TPSA) is 57.0 Å². The van der Waals surface area contributed by atoms with Crippen LogP contribution in [0.3, 0.4) is 0 Å². The van der Waals surface area contributed by atoms with Crippen LogP contribution in [0.2, 0.25) is 5.02 Å². The fraction of sp³-hybridized carbons (Fsp3) is 0.0800. The van der Waals surface area contributed by atoms with Gasteiger partial charge in [0.05, 0.1) is 37.9 Å². The number of thiophene rings is 1. The smallest absolute Gasteiger partial charge is 0.339 e. The zero-order valence-electron chi connectivity index (χ0n) is 17.5. The molecule has 0 spiro atoms. The van der Waals surface area contributed by atoms with Crippen molar-refractivity contribution < 1.29 is 13.9 Å². The highest BCUT2D eigenvalue weighted by atomic mass is 35.5. The van der Waals surface area contributed by atoms with E-state index in [1.165, 1.54) is 23.5 Å². The molecule has 33 heavy (non-hydrogen) atoms. The number of aromatic nitrogens is 3. The predicted octanol–water partition coefficient (Wildman–Crippen LogP) is 6.61. The first-order chi connectivity index (χ1) is 16.0. The van der Waals surface area contributed by atoms with E-state index in [-0.39, 0.29) is 17.2 Å². The molecule has 5 nitrogen and oxygen atoms in total. The van der Waals surface area contributed by atoms with E-state index in [2.05, 4.69) is 5.10 Å². The summed E-state index contributed by atoms with van der Waals surface area (Å²) >= 11 is 7.61. The molecule has 0 atom stereocenters. The average Bonchev–Trinajstić information content (AvgIpc) is 3.47. The van der Waals surface area contributed by atoms with Crippen LogP contribution in [0.5, 0.6) is 0 Å². The molecule has 0 unspecified atom stereocenters. The lowest BCUT2D eigenvalue weighted by Crippen LogP contribution is -2.08. The molecule has 0 N–H and O–H groups in total. The van der Waals surface area contributed by atoms with Crippen LogP contribution in [-0.2, 0) is 11.3 Å². The number of para-hydroxylation sites is 1. The number of carbonyl (C=O) groups excluding carboxylic acids is 1. The second-order valence-electron chi connectivity index (χ2n) is 7.34. The molecule has 0 aliphatic rings. The Morgan fingerprint density at radius 3 is 2.67 bits per heavy atom. The molecule has 8 heteroatoms. The lowest BCUT2D eigenvalue weighted by Gasteiger charge is -2.10. The standard InChI is InChI=1S/C25H17ClFN3O2S/c1-15-23-17(25(31)32-14-18-19(26)9-5-10-20(18)27)13-21(22-11-6-12-33-22)28-24(23)30(29-15)16-7-3-2-4-8-16/h2-13H,14H2,1H3. The number of hydrogen-bond donors (Lipinski definition) is 0. The highest BCUT2D eigenvalue weighted by molar-refractivity contribution is 7.13. The molecule has 0 fully saturated rings. The Morgan fingerprint density at radius 2 is 1.94 bits per heavy atom. The van der Waals surface area contributed by atoms with E-state index in [1.807, 2.05) is 54.8 Å². The molecule has 0 aliphatic heterocycles. The molecule has 5 aromatic rings. The number of carbonyl (C=O) groups is 1. The molecule has 0 aliphatic carbocycles. The third kappa shape index (κ3) is 4.01. The van der Waals surface area contributed by atoms with Gasteiger partial charge in [0.1, 0.15) is 12.4 Å². The van der Waals surface area contributed by atoms with E-state index in [9.17, 15) is 9.18 Å². The van der Waals surface area contributed by atoms with Crippen molar-refractivity contribution in [2.75, 3.05) is 0 Å². The Bertz CT molecular complexity index is 1450. The van der Waals surface area contributed by atoms with Gasteiger partial charge in [-0.05, 0) is 48.7 Å². The lowest BCUT2D eigenvalue weighted by molar-refractivity contribution is 0.0471. The zero-order chi connectivity index (χ0) is 22.9. The first kappa shape index (κ1) is 21.3. The van der Waals surface area contributed by atoms with Gasteiger partial charge in [0, 0.05) is 5.56 Å². The van der Waals surface area contributed by atoms with Crippen molar-refractivity contribution in [3.05, 3.63) is 99.8 Å². The number of hydrogen-bond acceptors (Lipinski definition) is 5. The van der Waals surface area contributed by atoms with Gasteiger partial charge in [-0.25, -0.2) is 18.9 Å². The molecule has 5 rings (SSSR count). The van der Waals surface area contributed by atoms with Gasteiger partial charge in [0.25, 0.3) is 0 Å². The monoisotopic (exact) mass is 477 g/mol. The Balaban J connectivity index is 1.63. The number of ether oxygens (including phenoxy) is 1. The van der Waals surface area contributed by atoms with Crippen LogP contribution in [0.1, 0.15) is 21.6 Å². The van der Waals surface area contributed by atoms with Gasteiger partial charge in [-0.1, -0.05) is 41.9 Å². The summed E-state index contributed by atoms with van der Waals surface area (Å²) in [5, 5.41) is 7.37. The van der Waals surface area contributed by atoms with Crippen molar-refractivity contribution >= 4 is 39.9 Å².